The van der Waals surface area contributed by atoms with Crippen LogP contribution in [-0.4, -0.2) is 29.4 Å². The third kappa shape index (κ3) is 1.52. The minimum absolute atomic E-state index is 0.116. The lowest BCUT2D eigenvalue weighted by molar-refractivity contribution is -0.119. The smallest absolute Gasteiger partial charge is 0.312 e. The van der Waals surface area contributed by atoms with Gasteiger partial charge in [-0.3, -0.25) is 4.79 Å². The maximum Gasteiger partial charge on any atom is 0.332 e. The van der Waals surface area contributed by atoms with E-state index in [1.54, 1.807) is 29.2 Å². The molecule has 1 aromatic rings. The third-order valence-corrected chi connectivity index (χ3v) is 3.53. The molecular formula is C12H11ClN2O2. The number of rotatable bonds is 1. The van der Waals surface area contributed by atoms with Gasteiger partial charge < -0.3 is 4.90 Å². The van der Waals surface area contributed by atoms with E-state index in [2.05, 4.69) is 0 Å². The first-order valence-corrected chi connectivity index (χ1v) is 5.96. The summed E-state index contributed by atoms with van der Waals surface area (Å²) in [6.07, 6.45) is 1.69. The number of benzene rings is 1. The number of fused-ring (bicyclic) bond motifs is 1. The number of hydrogen-bond donors (Lipinski definition) is 0. The van der Waals surface area contributed by atoms with Gasteiger partial charge >= 0.3 is 6.03 Å². The molecule has 2 aliphatic rings. The minimum Gasteiger partial charge on any atom is -0.312 e. The highest BCUT2D eigenvalue weighted by molar-refractivity contribution is 6.30. The third-order valence-electron chi connectivity index (χ3n) is 3.28. The quantitative estimate of drug-likeness (QED) is 0.718. The van der Waals surface area contributed by atoms with Gasteiger partial charge in [0.05, 0.1) is 5.69 Å². The van der Waals surface area contributed by atoms with Crippen molar-refractivity contribution in [3.63, 3.8) is 0 Å². The van der Waals surface area contributed by atoms with Crippen LogP contribution in [0.4, 0.5) is 10.5 Å². The minimum atomic E-state index is -0.252. The fraction of sp³-hybridized carbons (Fsp3) is 0.333. The number of hydrogen-bond acceptors (Lipinski definition) is 2. The second-order valence-corrected chi connectivity index (χ2v) is 4.72. The van der Waals surface area contributed by atoms with Gasteiger partial charge in [0.25, 0.3) is 5.91 Å². The number of halogens is 1. The zero-order valence-electron chi connectivity index (χ0n) is 9.10. The number of carbonyl (C=O) groups is 2. The Morgan fingerprint density at radius 2 is 1.88 bits per heavy atom. The average molecular weight is 251 g/mol. The number of anilines is 1. The lowest BCUT2D eigenvalue weighted by Crippen LogP contribution is -2.32. The fourth-order valence-electron chi connectivity index (χ4n) is 2.45. The molecule has 5 heteroatoms. The largest absolute Gasteiger partial charge is 0.332 e. The molecule has 0 bridgehead atoms. The molecule has 0 saturated carbocycles. The van der Waals surface area contributed by atoms with E-state index in [0.717, 1.165) is 12.8 Å². The van der Waals surface area contributed by atoms with Crippen LogP contribution in [0.25, 0.3) is 0 Å². The lowest BCUT2D eigenvalue weighted by Gasteiger charge is -2.15. The molecule has 4 nitrogen and oxygen atoms in total. The first-order valence-electron chi connectivity index (χ1n) is 5.58. The van der Waals surface area contributed by atoms with Crippen LogP contribution in [0.3, 0.4) is 0 Å². The second kappa shape index (κ2) is 3.74. The van der Waals surface area contributed by atoms with Crippen molar-refractivity contribution in [3.05, 3.63) is 29.3 Å². The predicted molar refractivity (Wildman–Crippen MR) is 64.1 cm³/mol. The van der Waals surface area contributed by atoms with Crippen LogP contribution >= 0.6 is 11.6 Å². The van der Waals surface area contributed by atoms with Crippen molar-refractivity contribution in [2.24, 2.45) is 0 Å². The molecule has 2 fully saturated rings. The van der Waals surface area contributed by atoms with Crippen molar-refractivity contribution < 1.29 is 9.59 Å². The van der Waals surface area contributed by atoms with Gasteiger partial charge in [-0.15, -0.1) is 0 Å². The Balaban J connectivity index is 1.96. The normalized spacial score (nSPS) is 23.5. The molecule has 17 heavy (non-hydrogen) atoms. The molecular weight excluding hydrogens is 240 g/mol. The van der Waals surface area contributed by atoms with Gasteiger partial charge in [-0.25, -0.2) is 9.69 Å². The van der Waals surface area contributed by atoms with Crippen LogP contribution in [0.2, 0.25) is 5.02 Å². The van der Waals surface area contributed by atoms with E-state index in [-0.39, 0.29) is 18.0 Å². The van der Waals surface area contributed by atoms with Gasteiger partial charge in [0.15, 0.2) is 0 Å². The molecule has 1 atom stereocenters. The van der Waals surface area contributed by atoms with E-state index in [1.165, 1.54) is 4.90 Å². The van der Waals surface area contributed by atoms with Crippen molar-refractivity contribution in [1.82, 2.24) is 4.90 Å². The van der Waals surface area contributed by atoms with E-state index < -0.39 is 0 Å². The Morgan fingerprint density at radius 3 is 2.53 bits per heavy atom. The summed E-state index contributed by atoms with van der Waals surface area (Å²) in [5.41, 5.74) is 0.596. The molecule has 2 heterocycles. The molecule has 0 aromatic heterocycles. The summed E-state index contributed by atoms with van der Waals surface area (Å²) in [4.78, 5) is 27.1. The maximum absolute atomic E-state index is 12.1. The summed E-state index contributed by atoms with van der Waals surface area (Å²) in [6, 6.07) is 6.29. The first kappa shape index (κ1) is 10.6. The van der Waals surface area contributed by atoms with Gasteiger partial charge in [0.1, 0.15) is 6.04 Å². The van der Waals surface area contributed by atoms with Crippen LogP contribution in [0.1, 0.15) is 12.8 Å². The SMILES string of the molecule is O=C1[C@@H]2CCCN2C(=O)N1c1ccc(Cl)cc1. The van der Waals surface area contributed by atoms with Gasteiger partial charge in [-0.1, -0.05) is 11.6 Å². The summed E-state index contributed by atoms with van der Waals surface area (Å²) < 4.78 is 0. The van der Waals surface area contributed by atoms with Crippen LogP contribution in [-0.2, 0) is 4.79 Å². The van der Waals surface area contributed by atoms with Crippen molar-refractivity contribution >= 4 is 29.2 Å². The second-order valence-electron chi connectivity index (χ2n) is 4.28. The molecule has 3 amide bonds. The van der Waals surface area contributed by atoms with E-state index in [0.29, 0.717) is 17.3 Å². The number of imide groups is 1. The van der Waals surface area contributed by atoms with E-state index in [9.17, 15) is 9.59 Å². The number of amides is 3. The van der Waals surface area contributed by atoms with Crippen molar-refractivity contribution in [1.29, 1.82) is 0 Å². The average Bonchev–Trinajstić information content (AvgIpc) is 2.87. The predicted octanol–water partition coefficient (Wildman–Crippen LogP) is 2.27. The highest BCUT2D eigenvalue weighted by Crippen LogP contribution is 2.31. The lowest BCUT2D eigenvalue weighted by atomic mass is 10.2. The fourth-order valence-corrected chi connectivity index (χ4v) is 2.58. The standard InChI is InChI=1S/C12H11ClN2O2/c13-8-3-5-9(6-4-8)15-11(16)10-2-1-7-14(10)12(15)17/h3-6,10H,1-2,7H2/t10-/m0/s1. The molecule has 2 aliphatic heterocycles. The van der Waals surface area contributed by atoms with E-state index >= 15 is 0 Å². The van der Waals surface area contributed by atoms with Crippen LogP contribution in [0.15, 0.2) is 24.3 Å². The zero-order valence-corrected chi connectivity index (χ0v) is 9.85. The molecule has 0 unspecified atom stereocenters. The zero-order chi connectivity index (χ0) is 12.0. The number of carbonyl (C=O) groups excluding carboxylic acids is 2. The van der Waals surface area contributed by atoms with Gasteiger partial charge in [-0.2, -0.15) is 0 Å². The number of urea groups is 1. The molecule has 0 N–H and O–H groups in total. The molecule has 0 aliphatic carbocycles. The van der Waals surface area contributed by atoms with Gasteiger partial charge in [-0.05, 0) is 37.1 Å². The molecule has 1 aromatic carbocycles. The first-order chi connectivity index (χ1) is 8.18. The number of nitrogens with zero attached hydrogens (tertiary/aromatic N) is 2. The highest BCUT2D eigenvalue weighted by atomic mass is 35.5. The Morgan fingerprint density at radius 1 is 1.18 bits per heavy atom. The van der Waals surface area contributed by atoms with Gasteiger partial charge in [0, 0.05) is 11.6 Å². The maximum atomic E-state index is 12.1. The highest BCUT2D eigenvalue weighted by Gasteiger charge is 2.47. The molecule has 88 valence electrons. The monoisotopic (exact) mass is 250 g/mol. The summed E-state index contributed by atoms with van der Waals surface area (Å²) in [7, 11) is 0. The van der Waals surface area contributed by atoms with Gasteiger partial charge in [0.2, 0.25) is 0 Å². The summed E-state index contributed by atoms with van der Waals surface area (Å²) in [6.45, 7) is 0.680. The Kier molecular flexibility index (Phi) is 2.33. The van der Waals surface area contributed by atoms with Crippen molar-refractivity contribution in [2.45, 2.75) is 18.9 Å². The van der Waals surface area contributed by atoms with Crippen molar-refractivity contribution in [2.75, 3.05) is 11.4 Å². The molecule has 0 radical (unpaired) electrons. The Hall–Kier alpha value is -1.55. The molecule has 3 rings (SSSR count). The van der Waals surface area contributed by atoms with Crippen molar-refractivity contribution in [3.8, 4) is 0 Å². The van der Waals surface area contributed by atoms with Crippen LogP contribution in [0.5, 0.6) is 0 Å². The molecule has 0 spiro atoms. The topological polar surface area (TPSA) is 40.6 Å². The van der Waals surface area contributed by atoms with Crippen LogP contribution < -0.4 is 4.90 Å². The summed E-state index contributed by atoms with van der Waals surface area (Å²) >= 11 is 5.79. The van der Waals surface area contributed by atoms with E-state index in [4.69, 9.17) is 11.6 Å². The summed E-state index contributed by atoms with van der Waals surface area (Å²) in [5.74, 6) is -0.116. The van der Waals surface area contributed by atoms with E-state index in [1.807, 2.05) is 0 Å². The Bertz CT molecular complexity index is 464. The molecule has 2 saturated heterocycles. The summed E-state index contributed by atoms with van der Waals surface area (Å²) in [5, 5.41) is 0.591. The Labute approximate surface area is 104 Å². The van der Waals surface area contributed by atoms with Crippen LogP contribution in [0, 0.1) is 0 Å².